The van der Waals surface area contributed by atoms with E-state index in [1.54, 1.807) is 12.4 Å². The molecule has 6 nitrogen and oxygen atoms in total. The van der Waals surface area contributed by atoms with Gasteiger partial charge in [0, 0.05) is 31.0 Å². The normalized spacial score (nSPS) is 21.3. The molecule has 0 aliphatic carbocycles. The SMILES string of the molecule is C[S+](=O)([O-])NC1CCCN(Cc2ccc(-c3cncnc3)cc2)C1. The molecule has 0 bridgehead atoms. The van der Waals surface area contributed by atoms with Crippen LogP contribution in [0.15, 0.2) is 43.0 Å². The summed E-state index contributed by atoms with van der Waals surface area (Å²) in [4.78, 5) is 10.4. The van der Waals surface area contributed by atoms with E-state index in [0.29, 0.717) is 0 Å². The second-order valence-corrected chi connectivity index (χ2v) is 8.07. The number of hydrogen-bond acceptors (Lipinski definition) is 5. The van der Waals surface area contributed by atoms with Crippen molar-refractivity contribution >= 4 is 10.4 Å². The standard InChI is InChI=1S/C17H22N4O2S/c1-24(22,23)20-17-3-2-8-21(12-17)11-14-4-6-15(7-5-14)16-9-18-13-19-10-16/h4-7,9-10,13,17H,2-3,8,11-12H2,1H3,(H-,20,22,23). The van der Waals surface area contributed by atoms with Gasteiger partial charge in [-0.2, -0.15) is 0 Å². The van der Waals surface area contributed by atoms with E-state index in [2.05, 4.69) is 43.9 Å². The average Bonchev–Trinajstić information content (AvgIpc) is 2.55. The maximum absolute atomic E-state index is 11.4. The van der Waals surface area contributed by atoms with Gasteiger partial charge in [0.2, 0.25) is 0 Å². The maximum Gasteiger partial charge on any atom is 0.120 e. The minimum absolute atomic E-state index is 0.00879. The first-order chi connectivity index (χ1) is 11.5. The molecule has 0 radical (unpaired) electrons. The number of piperidine rings is 1. The van der Waals surface area contributed by atoms with Crippen LogP contribution in [0.2, 0.25) is 0 Å². The first kappa shape index (κ1) is 17.2. The molecule has 24 heavy (non-hydrogen) atoms. The summed E-state index contributed by atoms with van der Waals surface area (Å²) in [7, 11) is -3.14. The van der Waals surface area contributed by atoms with Gasteiger partial charge in [-0.25, -0.2) is 9.97 Å². The number of sulfonamides is 1. The summed E-state index contributed by atoms with van der Waals surface area (Å²) >= 11 is 0. The topological polar surface area (TPSA) is 81.2 Å². The van der Waals surface area contributed by atoms with E-state index < -0.39 is 10.4 Å². The van der Waals surface area contributed by atoms with Crippen molar-refractivity contribution in [3.05, 3.63) is 48.5 Å². The molecule has 128 valence electrons. The summed E-state index contributed by atoms with van der Waals surface area (Å²) < 4.78 is 25.5. The molecule has 0 amide bonds. The van der Waals surface area contributed by atoms with Gasteiger partial charge in [-0.3, -0.25) is 4.90 Å². The van der Waals surface area contributed by atoms with Gasteiger partial charge in [0.25, 0.3) is 0 Å². The number of likely N-dealkylation sites (tertiary alicyclic amines) is 1. The molecule has 1 fully saturated rings. The van der Waals surface area contributed by atoms with E-state index in [9.17, 15) is 8.76 Å². The van der Waals surface area contributed by atoms with Crippen molar-refractivity contribution in [3.63, 3.8) is 0 Å². The maximum atomic E-state index is 11.4. The van der Waals surface area contributed by atoms with Crippen LogP contribution < -0.4 is 4.72 Å². The van der Waals surface area contributed by atoms with Crippen molar-refractivity contribution < 1.29 is 8.76 Å². The molecule has 1 aliphatic rings. The second-order valence-electron chi connectivity index (χ2n) is 6.29. The number of hydrogen-bond donors (Lipinski definition) is 1. The highest BCUT2D eigenvalue weighted by Crippen LogP contribution is 2.20. The van der Waals surface area contributed by atoms with Crippen LogP contribution in [0.5, 0.6) is 0 Å². The van der Waals surface area contributed by atoms with E-state index in [0.717, 1.165) is 43.6 Å². The first-order valence-electron chi connectivity index (χ1n) is 8.03. The molecule has 1 aromatic carbocycles. The highest BCUT2D eigenvalue weighted by molar-refractivity contribution is 7.95. The molecule has 0 saturated carbocycles. The van der Waals surface area contributed by atoms with Crippen molar-refractivity contribution in [2.45, 2.75) is 25.4 Å². The molecule has 1 N–H and O–H groups in total. The Morgan fingerprint density at radius 2 is 1.96 bits per heavy atom. The van der Waals surface area contributed by atoms with E-state index in [1.807, 2.05) is 0 Å². The fourth-order valence-corrected chi connectivity index (χ4v) is 3.90. The number of nitrogens with one attached hydrogen (secondary N) is 1. The lowest BCUT2D eigenvalue weighted by atomic mass is 10.0. The summed E-state index contributed by atoms with van der Waals surface area (Å²) in [5, 5.41) is 0. The second kappa shape index (κ2) is 7.48. The van der Waals surface area contributed by atoms with Crippen molar-refractivity contribution in [1.82, 2.24) is 19.6 Å². The van der Waals surface area contributed by atoms with Gasteiger partial charge < -0.3 is 4.55 Å². The number of benzene rings is 1. The zero-order chi connectivity index (χ0) is 17.0. The Morgan fingerprint density at radius 1 is 1.25 bits per heavy atom. The lowest BCUT2D eigenvalue weighted by Crippen LogP contribution is -2.48. The van der Waals surface area contributed by atoms with Gasteiger partial charge in [0.05, 0.1) is 6.04 Å². The molecule has 1 aliphatic heterocycles. The largest absolute Gasteiger partial charge is 0.598 e. The summed E-state index contributed by atoms with van der Waals surface area (Å²) in [6, 6.07) is 8.37. The zero-order valence-corrected chi connectivity index (χ0v) is 14.5. The highest BCUT2D eigenvalue weighted by atomic mass is 32.3. The Balaban J connectivity index is 1.60. The summed E-state index contributed by atoms with van der Waals surface area (Å²) in [6.45, 7) is 2.57. The van der Waals surface area contributed by atoms with E-state index in [1.165, 1.54) is 18.1 Å². The van der Waals surface area contributed by atoms with Gasteiger partial charge in [-0.1, -0.05) is 28.5 Å². The molecule has 2 aromatic rings. The predicted octanol–water partition coefficient (Wildman–Crippen LogP) is 1.87. The number of nitrogens with zero attached hydrogens (tertiary/aromatic N) is 3. The molecule has 2 heterocycles. The Kier molecular flexibility index (Phi) is 5.35. The fourth-order valence-electron chi connectivity index (χ4n) is 3.11. The average molecular weight is 346 g/mol. The smallest absolute Gasteiger partial charge is 0.120 e. The fraction of sp³-hybridized carbons (Fsp3) is 0.412. The molecule has 2 unspecified atom stereocenters. The van der Waals surface area contributed by atoms with Gasteiger partial charge >= 0.3 is 0 Å². The van der Waals surface area contributed by atoms with E-state index in [-0.39, 0.29) is 6.04 Å². The number of aromatic nitrogens is 2. The van der Waals surface area contributed by atoms with Gasteiger partial charge in [-0.15, -0.1) is 4.72 Å². The van der Waals surface area contributed by atoms with Crippen molar-refractivity contribution in [2.24, 2.45) is 0 Å². The lowest BCUT2D eigenvalue weighted by Gasteiger charge is -2.33. The summed E-state index contributed by atoms with van der Waals surface area (Å²) in [6.07, 6.45) is 8.25. The quantitative estimate of drug-likeness (QED) is 0.836. The minimum atomic E-state index is -3.14. The molecule has 2 atom stereocenters. The lowest BCUT2D eigenvalue weighted by molar-refractivity contribution is 0.193. The Morgan fingerprint density at radius 3 is 2.62 bits per heavy atom. The molecule has 1 saturated heterocycles. The van der Waals surface area contributed by atoms with E-state index >= 15 is 0 Å². The third-order valence-electron chi connectivity index (χ3n) is 4.14. The minimum Gasteiger partial charge on any atom is -0.598 e. The van der Waals surface area contributed by atoms with Crippen LogP contribution in [-0.2, 0) is 21.2 Å². The molecule has 7 heteroatoms. The Labute approximate surface area is 143 Å². The third-order valence-corrected chi connectivity index (χ3v) is 4.90. The summed E-state index contributed by atoms with van der Waals surface area (Å²) in [5.74, 6) is 0. The van der Waals surface area contributed by atoms with Crippen LogP contribution in [0.25, 0.3) is 11.1 Å². The molecule has 0 spiro atoms. The molecule has 3 rings (SSSR count). The Hall–Kier alpha value is -1.67. The third kappa shape index (κ3) is 4.91. The van der Waals surface area contributed by atoms with Crippen molar-refractivity contribution in [1.29, 1.82) is 0 Å². The summed E-state index contributed by atoms with van der Waals surface area (Å²) in [5.41, 5.74) is 3.31. The van der Waals surface area contributed by atoms with Crippen LogP contribution in [0, 0.1) is 0 Å². The Bertz CT molecular complexity index is 702. The van der Waals surface area contributed by atoms with Crippen LogP contribution in [0.1, 0.15) is 18.4 Å². The monoisotopic (exact) mass is 346 g/mol. The predicted molar refractivity (Wildman–Crippen MR) is 93.7 cm³/mol. The van der Waals surface area contributed by atoms with Gasteiger partial charge in [0.1, 0.15) is 23.0 Å². The first-order valence-corrected chi connectivity index (χ1v) is 9.93. The molecule has 1 aromatic heterocycles. The molecular formula is C17H22N4O2S. The zero-order valence-electron chi connectivity index (χ0n) is 13.7. The van der Waals surface area contributed by atoms with Crippen LogP contribution in [0.4, 0.5) is 0 Å². The van der Waals surface area contributed by atoms with Gasteiger partial charge in [-0.05, 0) is 30.5 Å². The highest BCUT2D eigenvalue weighted by Gasteiger charge is 2.24. The molecular weight excluding hydrogens is 324 g/mol. The van der Waals surface area contributed by atoms with Gasteiger partial charge in [0.15, 0.2) is 0 Å². The van der Waals surface area contributed by atoms with Crippen molar-refractivity contribution in [3.8, 4) is 11.1 Å². The number of rotatable bonds is 5. The van der Waals surface area contributed by atoms with Crippen LogP contribution in [-0.4, -0.2) is 44.8 Å². The van der Waals surface area contributed by atoms with Crippen LogP contribution >= 0.6 is 0 Å². The van der Waals surface area contributed by atoms with Crippen LogP contribution in [0.3, 0.4) is 0 Å². The van der Waals surface area contributed by atoms with E-state index in [4.69, 9.17) is 0 Å². The van der Waals surface area contributed by atoms with Crippen molar-refractivity contribution in [2.75, 3.05) is 19.3 Å².